The van der Waals surface area contributed by atoms with Crippen molar-refractivity contribution in [1.82, 2.24) is 15.5 Å². The molecule has 0 spiro atoms. The average Bonchev–Trinajstić information content (AvgIpc) is 3.25. The predicted octanol–water partition coefficient (Wildman–Crippen LogP) is 3.16. The number of amides is 2. The van der Waals surface area contributed by atoms with Crippen LogP contribution in [0.4, 0.5) is 0 Å². The number of aromatic nitrogens is 2. The number of carbonyl (C=O) groups is 2. The molecule has 6 nitrogen and oxygen atoms in total. The summed E-state index contributed by atoms with van der Waals surface area (Å²) in [4.78, 5) is 24.1. The number of rotatable bonds is 5. The van der Waals surface area contributed by atoms with Crippen LogP contribution in [0, 0.1) is 6.92 Å². The molecule has 0 aliphatic rings. The van der Waals surface area contributed by atoms with Gasteiger partial charge in [0.25, 0.3) is 11.1 Å². The Morgan fingerprint density at radius 3 is 2.88 bits per heavy atom. The van der Waals surface area contributed by atoms with Crippen molar-refractivity contribution in [3.05, 3.63) is 52.2 Å². The molecule has 3 aromatic rings. The SMILES string of the molecule is Cc1cccc(-c2nnc(SCC(=O)NC(=O)c3cccs3)o2)c1. The zero-order chi connectivity index (χ0) is 16.9. The Morgan fingerprint density at radius 2 is 2.12 bits per heavy atom. The lowest BCUT2D eigenvalue weighted by atomic mass is 10.1. The number of hydrogen-bond acceptors (Lipinski definition) is 7. The van der Waals surface area contributed by atoms with Gasteiger partial charge in [0.1, 0.15) is 0 Å². The number of benzene rings is 1. The number of carbonyl (C=O) groups excluding carboxylic acids is 2. The monoisotopic (exact) mass is 359 g/mol. The van der Waals surface area contributed by atoms with Crippen molar-refractivity contribution in [3.8, 4) is 11.5 Å². The van der Waals surface area contributed by atoms with Gasteiger partial charge in [-0.05, 0) is 30.5 Å². The summed E-state index contributed by atoms with van der Waals surface area (Å²) in [6.07, 6.45) is 0. The summed E-state index contributed by atoms with van der Waals surface area (Å²) in [7, 11) is 0. The van der Waals surface area contributed by atoms with Gasteiger partial charge < -0.3 is 4.42 Å². The molecule has 0 atom stereocenters. The maximum atomic E-state index is 11.8. The van der Waals surface area contributed by atoms with Crippen LogP contribution in [0.1, 0.15) is 15.2 Å². The normalized spacial score (nSPS) is 10.5. The second-order valence-corrected chi connectivity index (χ2v) is 6.76. The number of thiophene rings is 1. The molecule has 2 amide bonds. The lowest BCUT2D eigenvalue weighted by Crippen LogP contribution is -2.31. The van der Waals surface area contributed by atoms with Gasteiger partial charge in [0.15, 0.2) is 0 Å². The Morgan fingerprint density at radius 1 is 1.25 bits per heavy atom. The third-order valence-corrected chi connectivity index (χ3v) is 4.68. The molecule has 1 aromatic carbocycles. The van der Waals surface area contributed by atoms with Crippen LogP contribution in [-0.4, -0.2) is 27.8 Å². The van der Waals surface area contributed by atoms with Gasteiger partial charge in [0.2, 0.25) is 11.8 Å². The molecule has 0 bridgehead atoms. The van der Waals surface area contributed by atoms with Crippen LogP contribution in [0.25, 0.3) is 11.5 Å². The standard InChI is InChI=1S/C16H13N3O3S2/c1-10-4-2-5-11(8-10)15-18-19-16(22-15)24-9-13(20)17-14(21)12-6-3-7-23-12/h2-8H,9H2,1H3,(H,17,20,21). The molecular weight excluding hydrogens is 346 g/mol. The minimum atomic E-state index is -0.409. The van der Waals surface area contributed by atoms with Crippen molar-refractivity contribution in [2.45, 2.75) is 12.1 Å². The minimum Gasteiger partial charge on any atom is -0.411 e. The van der Waals surface area contributed by atoms with E-state index in [1.807, 2.05) is 31.2 Å². The van der Waals surface area contributed by atoms with Crippen molar-refractivity contribution < 1.29 is 14.0 Å². The molecule has 0 aliphatic carbocycles. The molecule has 3 rings (SSSR count). The van der Waals surface area contributed by atoms with Crippen molar-refractivity contribution in [2.75, 3.05) is 5.75 Å². The summed E-state index contributed by atoms with van der Waals surface area (Å²) >= 11 is 2.36. The van der Waals surface area contributed by atoms with E-state index in [2.05, 4.69) is 15.5 Å². The van der Waals surface area contributed by atoms with Crippen LogP contribution in [-0.2, 0) is 4.79 Å². The predicted molar refractivity (Wildman–Crippen MR) is 92.0 cm³/mol. The highest BCUT2D eigenvalue weighted by molar-refractivity contribution is 7.99. The van der Waals surface area contributed by atoms with Gasteiger partial charge in [-0.25, -0.2) is 0 Å². The molecule has 0 radical (unpaired) electrons. The van der Waals surface area contributed by atoms with Gasteiger partial charge in [0.05, 0.1) is 10.6 Å². The smallest absolute Gasteiger partial charge is 0.277 e. The highest BCUT2D eigenvalue weighted by Gasteiger charge is 2.14. The molecule has 0 saturated heterocycles. The number of hydrogen-bond donors (Lipinski definition) is 1. The van der Waals surface area contributed by atoms with E-state index in [1.54, 1.807) is 17.5 Å². The maximum Gasteiger partial charge on any atom is 0.277 e. The molecular formula is C16H13N3O3S2. The molecule has 24 heavy (non-hydrogen) atoms. The van der Waals surface area contributed by atoms with E-state index in [-0.39, 0.29) is 11.0 Å². The number of thioether (sulfide) groups is 1. The molecule has 2 heterocycles. The van der Waals surface area contributed by atoms with Crippen molar-refractivity contribution >= 4 is 34.9 Å². The van der Waals surface area contributed by atoms with Gasteiger partial charge in [-0.3, -0.25) is 14.9 Å². The van der Waals surface area contributed by atoms with E-state index in [0.29, 0.717) is 10.8 Å². The number of nitrogens with one attached hydrogen (secondary N) is 1. The first kappa shape index (κ1) is 16.4. The van der Waals surface area contributed by atoms with Crippen LogP contribution in [0.3, 0.4) is 0 Å². The minimum absolute atomic E-state index is 0.0204. The number of nitrogens with zero attached hydrogens (tertiary/aromatic N) is 2. The summed E-state index contributed by atoms with van der Waals surface area (Å²) in [5.74, 6) is -0.390. The molecule has 0 fully saturated rings. The van der Waals surface area contributed by atoms with Gasteiger partial charge in [0, 0.05) is 5.56 Å². The van der Waals surface area contributed by atoms with Crippen molar-refractivity contribution in [3.63, 3.8) is 0 Å². The molecule has 122 valence electrons. The first-order chi connectivity index (χ1) is 11.6. The fourth-order valence-electron chi connectivity index (χ4n) is 1.92. The summed E-state index contributed by atoms with van der Waals surface area (Å²) in [6.45, 7) is 1.98. The maximum absolute atomic E-state index is 11.8. The third kappa shape index (κ3) is 4.09. The summed E-state index contributed by atoms with van der Waals surface area (Å²) in [5, 5.41) is 12.3. The molecule has 0 saturated carbocycles. The molecule has 0 aliphatic heterocycles. The molecule has 1 N–H and O–H groups in total. The van der Waals surface area contributed by atoms with Gasteiger partial charge in [-0.2, -0.15) is 0 Å². The van der Waals surface area contributed by atoms with Gasteiger partial charge in [-0.15, -0.1) is 21.5 Å². The molecule has 2 aromatic heterocycles. The number of imide groups is 1. The quantitative estimate of drug-likeness (QED) is 0.705. The summed E-state index contributed by atoms with van der Waals surface area (Å²) in [5.41, 5.74) is 1.91. The summed E-state index contributed by atoms with van der Waals surface area (Å²) in [6, 6.07) is 11.1. The second kappa shape index (κ2) is 7.41. The average molecular weight is 359 g/mol. The van der Waals surface area contributed by atoms with Crippen LogP contribution < -0.4 is 5.32 Å². The zero-order valence-corrected chi connectivity index (χ0v) is 14.3. The van der Waals surface area contributed by atoms with Crippen LogP contribution in [0.2, 0.25) is 0 Å². The first-order valence-corrected chi connectivity index (χ1v) is 8.89. The Bertz CT molecular complexity index is 859. The van der Waals surface area contributed by atoms with E-state index >= 15 is 0 Å². The Labute approximate surface area is 146 Å². The lowest BCUT2D eigenvalue weighted by molar-refractivity contribution is -0.117. The highest BCUT2D eigenvalue weighted by Crippen LogP contribution is 2.23. The third-order valence-electron chi connectivity index (χ3n) is 3.00. The van der Waals surface area contributed by atoms with Crippen molar-refractivity contribution in [1.29, 1.82) is 0 Å². The van der Waals surface area contributed by atoms with Crippen molar-refractivity contribution in [2.24, 2.45) is 0 Å². The largest absolute Gasteiger partial charge is 0.411 e. The highest BCUT2D eigenvalue weighted by atomic mass is 32.2. The number of aryl methyl sites for hydroxylation is 1. The fourth-order valence-corrected chi connectivity index (χ4v) is 3.10. The van der Waals surface area contributed by atoms with Crippen LogP contribution in [0.5, 0.6) is 0 Å². The lowest BCUT2D eigenvalue weighted by Gasteiger charge is -2.00. The van der Waals surface area contributed by atoms with E-state index in [0.717, 1.165) is 22.9 Å². The zero-order valence-electron chi connectivity index (χ0n) is 12.7. The van der Waals surface area contributed by atoms with Crippen LogP contribution >= 0.6 is 23.1 Å². The molecule has 0 unspecified atom stereocenters. The van der Waals surface area contributed by atoms with E-state index in [4.69, 9.17) is 4.42 Å². The first-order valence-electron chi connectivity index (χ1n) is 7.03. The topological polar surface area (TPSA) is 85.1 Å². The van der Waals surface area contributed by atoms with E-state index in [9.17, 15) is 9.59 Å². The van der Waals surface area contributed by atoms with Gasteiger partial charge in [-0.1, -0.05) is 35.5 Å². The molecule has 8 heteroatoms. The van der Waals surface area contributed by atoms with Crippen LogP contribution in [0.15, 0.2) is 51.4 Å². The second-order valence-electron chi connectivity index (χ2n) is 4.89. The fraction of sp³-hybridized carbons (Fsp3) is 0.125. The summed E-state index contributed by atoms with van der Waals surface area (Å²) < 4.78 is 5.53. The van der Waals surface area contributed by atoms with E-state index in [1.165, 1.54) is 11.3 Å². The van der Waals surface area contributed by atoms with E-state index < -0.39 is 11.8 Å². The Balaban J connectivity index is 1.55. The Kier molecular flexibility index (Phi) is 5.07. The van der Waals surface area contributed by atoms with Gasteiger partial charge >= 0.3 is 0 Å². The Hall–Kier alpha value is -2.45.